The van der Waals surface area contributed by atoms with E-state index >= 15 is 0 Å². The molecular weight excluding hydrogens is 516 g/mol. The van der Waals surface area contributed by atoms with E-state index in [1.165, 1.54) is 6.08 Å². The highest BCUT2D eigenvalue weighted by Gasteiger charge is 2.17. The second kappa shape index (κ2) is 10.7. The summed E-state index contributed by atoms with van der Waals surface area (Å²) in [7, 11) is -3.97. The van der Waals surface area contributed by atoms with Crippen molar-refractivity contribution < 1.29 is 13.2 Å². The lowest BCUT2D eigenvalue weighted by atomic mass is 9.98. The summed E-state index contributed by atoms with van der Waals surface area (Å²) in [5.74, 6) is -0.695. The molecule has 0 atom stereocenters. The zero-order chi connectivity index (χ0) is 26.7. The Morgan fingerprint density at radius 3 is 2.32 bits per heavy atom. The minimum atomic E-state index is -3.97. The number of nitrogens with one attached hydrogen (secondary N) is 2. The molecule has 0 radical (unpaired) electrons. The Morgan fingerprint density at radius 2 is 1.61 bits per heavy atom. The third-order valence-electron chi connectivity index (χ3n) is 6.38. The number of H-pyrrole nitrogens is 1. The molecule has 5 aromatic rings. The molecular formula is C31H25ClN2O3S. The normalized spacial score (nSPS) is 11.7. The molecule has 0 unspecified atom stereocenters. The third-order valence-corrected chi connectivity index (χ3v) is 7.70. The number of fused-ring (bicyclic) bond motifs is 1. The van der Waals surface area contributed by atoms with Crippen molar-refractivity contribution >= 4 is 44.5 Å². The van der Waals surface area contributed by atoms with Crippen LogP contribution in [0.2, 0.25) is 5.02 Å². The van der Waals surface area contributed by atoms with Gasteiger partial charge >= 0.3 is 0 Å². The minimum absolute atomic E-state index is 0.250. The van der Waals surface area contributed by atoms with Crippen LogP contribution >= 0.6 is 11.6 Å². The lowest BCUT2D eigenvalue weighted by molar-refractivity contribution is 0.0982. The monoisotopic (exact) mass is 540 g/mol. The van der Waals surface area contributed by atoms with Crippen molar-refractivity contribution in [3.05, 3.63) is 135 Å². The SMILES string of the molecule is Cc1[nH]c2ccc(C(=O)NS(=O)(=O)/C=C/c3ccccc3)cc2c1Cc1ccc(-c2ccccc2)cc1Cl. The predicted octanol–water partition coefficient (Wildman–Crippen LogP) is 7.12. The summed E-state index contributed by atoms with van der Waals surface area (Å²) in [6.45, 7) is 1.97. The van der Waals surface area contributed by atoms with Crippen molar-refractivity contribution in [1.29, 1.82) is 0 Å². The Hall–Kier alpha value is -4.13. The highest BCUT2D eigenvalue weighted by Crippen LogP contribution is 2.31. The maximum Gasteiger partial charge on any atom is 0.265 e. The van der Waals surface area contributed by atoms with Crippen LogP contribution in [-0.4, -0.2) is 19.3 Å². The van der Waals surface area contributed by atoms with Gasteiger partial charge in [0.2, 0.25) is 0 Å². The number of carbonyl (C=O) groups excluding carboxylic acids is 1. The molecule has 1 aromatic heterocycles. The molecule has 1 amide bonds. The van der Waals surface area contributed by atoms with Crippen LogP contribution in [0.4, 0.5) is 0 Å². The summed E-state index contributed by atoms with van der Waals surface area (Å²) in [5, 5.41) is 2.49. The number of rotatable bonds is 7. The molecule has 0 spiro atoms. The van der Waals surface area contributed by atoms with E-state index in [1.807, 2.05) is 61.5 Å². The maximum absolute atomic E-state index is 12.9. The fourth-order valence-corrected chi connectivity index (χ4v) is 5.43. The second-order valence-electron chi connectivity index (χ2n) is 9.03. The average Bonchev–Trinajstić information content (AvgIpc) is 3.23. The largest absolute Gasteiger partial charge is 0.358 e. The van der Waals surface area contributed by atoms with Gasteiger partial charge in [-0.3, -0.25) is 4.79 Å². The summed E-state index contributed by atoms with van der Waals surface area (Å²) in [6, 6.07) is 30.2. The van der Waals surface area contributed by atoms with Gasteiger partial charge in [-0.25, -0.2) is 13.1 Å². The van der Waals surface area contributed by atoms with E-state index in [9.17, 15) is 13.2 Å². The van der Waals surface area contributed by atoms with Crippen LogP contribution in [0.25, 0.3) is 28.1 Å². The molecule has 0 fully saturated rings. The van der Waals surface area contributed by atoms with Gasteiger partial charge in [0.1, 0.15) is 0 Å². The quantitative estimate of drug-likeness (QED) is 0.231. The van der Waals surface area contributed by atoms with Gasteiger partial charge in [0.25, 0.3) is 15.9 Å². The zero-order valence-electron chi connectivity index (χ0n) is 20.6. The maximum atomic E-state index is 12.9. The summed E-state index contributed by atoms with van der Waals surface area (Å²) < 4.78 is 27.1. The Morgan fingerprint density at radius 1 is 0.895 bits per heavy atom. The van der Waals surface area contributed by atoms with Crippen LogP contribution in [-0.2, 0) is 16.4 Å². The number of hydrogen-bond acceptors (Lipinski definition) is 3. The molecule has 0 saturated heterocycles. The van der Waals surface area contributed by atoms with E-state index in [-0.39, 0.29) is 5.56 Å². The van der Waals surface area contributed by atoms with Gasteiger partial charge in [-0.15, -0.1) is 0 Å². The van der Waals surface area contributed by atoms with Crippen molar-refractivity contribution in [2.45, 2.75) is 13.3 Å². The van der Waals surface area contributed by atoms with Crippen LogP contribution in [0.3, 0.4) is 0 Å². The number of amides is 1. The van der Waals surface area contributed by atoms with Crippen LogP contribution in [0, 0.1) is 6.92 Å². The topological polar surface area (TPSA) is 79.0 Å². The van der Waals surface area contributed by atoms with E-state index in [0.29, 0.717) is 11.4 Å². The number of halogens is 1. The van der Waals surface area contributed by atoms with Gasteiger partial charge in [-0.1, -0.05) is 84.4 Å². The third kappa shape index (κ3) is 5.72. The number of aryl methyl sites for hydroxylation is 1. The zero-order valence-corrected chi connectivity index (χ0v) is 22.2. The fraction of sp³-hybridized carbons (Fsp3) is 0.0645. The minimum Gasteiger partial charge on any atom is -0.358 e. The smallest absolute Gasteiger partial charge is 0.265 e. The van der Waals surface area contributed by atoms with Gasteiger partial charge in [-0.2, -0.15) is 0 Å². The molecule has 5 rings (SSSR count). The van der Waals surface area contributed by atoms with E-state index in [0.717, 1.165) is 49.8 Å². The highest BCUT2D eigenvalue weighted by molar-refractivity contribution is 7.93. The standard InChI is InChI=1S/C31H25ClN2O3S/c1-21-27(18-25-13-12-24(20-29(25)32)23-10-6-3-7-11-23)28-19-26(14-15-30(28)33-21)31(35)34-38(36,37)17-16-22-8-4-2-5-9-22/h2-17,19-20,33H,18H2,1H3,(H,34,35)/b17-16+. The van der Waals surface area contributed by atoms with Gasteiger partial charge in [0.05, 0.1) is 5.41 Å². The van der Waals surface area contributed by atoms with Gasteiger partial charge in [-0.05, 0) is 65.1 Å². The molecule has 1 heterocycles. The molecule has 5 nitrogen and oxygen atoms in total. The molecule has 0 aliphatic heterocycles. The van der Waals surface area contributed by atoms with Crippen molar-refractivity contribution in [3.8, 4) is 11.1 Å². The first-order chi connectivity index (χ1) is 18.3. The molecule has 0 aliphatic rings. The predicted molar refractivity (Wildman–Crippen MR) is 155 cm³/mol. The fourth-order valence-electron chi connectivity index (χ4n) is 4.40. The van der Waals surface area contributed by atoms with E-state index in [4.69, 9.17) is 11.6 Å². The molecule has 0 bridgehead atoms. The highest BCUT2D eigenvalue weighted by atomic mass is 35.5. The number of hydrogen-bond donors (Lipinski definition) is 2. The Kier molecular flexibility index (Phi) is 7.18. The van der Waals surface area contributed by atoms with Crippen LogP contribution in [0.1, 0.15) is 32.7 Å². The summed E-state index contributed by atoms with van der Waals surface area (Å²) in [4.78, 5) is 16.2. The first kappa shape index (κ1) is 25.5. The molecule has 2 N–H and O–H groups in total. The molecule has 190 valence electrons. The summed E-state index contributed by atoms with van der Waals surface area (Å²) in [5.41, 5.74) is 6.87. The number of aromatic nitrogens is 1. The molecule has 0 aliphatic carbocycles. The Balaban J connectivity index is 1.39. The average molecular weight is 541 g/mol. The molecule has 7 heteroatoms. The number of sulfonamides is 1. The molecule has 4 aromatic carbocycles. The van der Waals surface area contributed by atoms with E-state index in [2.05, 4.69) is 9.71 Å². The second-order valence-corrected chi connectivity index (χ2v) is 11.0. The summed E-state index contributed by atoms with van der Waals surface area (Å²) in [6.07, 6.45) is 2.00. The van der Waals surface area contributed by atoms with Gasteiger partial charge in [0, 0.05) is 33.6 Å². The van der Waals surface area contributed by atoms with Gasteiger partial charge < -0.3 is 4.98 Å². The lowest BCUT2D eigenvalue weighted by Gasteiger charge is -2.09. The van der Waals surface area contributed by atoms with Crippen molar-refractivity contribution in [2.75, 3.05) is 0 Å². The Labute approximate surface area is 226 Å². The van der Waals surface area contributed by atoms with E-state index in [1.54, 1.807) is 42.5 Å². The molecule has 0 saturated carbocycles. The first-order valence-electron chi connectivity index (χ1n) is 12.0. The number of aromatic amines is 1. The van der Waals surface area contributed by atoms with Crippen molar-refractivity contribution in [3.63, 3.8) is 0 Å². The first-order valence-corrected chi connectivity index (χ1v) is 14.0. The number of carbonyl (C=O) groups is 1. The van der Waals surface area contributed by atoms with E-state index < -0.39 is 15.9 Å². The van der Waals surface area contributed by atoms with Crippen LogP contribution in [0.5, 0.6) is 0 Å². The summed E-state index contributed by atoms with van der Waals surface area (Å²) >= 11 is 6.68. The van der Waals surface area contributed by atoms with Crippen LogP contribution < -0.4 is 4.72 Å². The number of benzene rings is 4. The lowest BCUT2D eigenvalue weighted by Crippen LogP contribution is -2.28. The Bertz CT molecular complexity index is 1760. The van der Waals surface area contributed by atoms with Crippen molar-refractivity contribution in [1.82, 2.24) is 9.71 Å². The van der Waals surface area contributed by atoms with Crippen LogP contribution in [0.15, 0.2) is 102 Å². The molecule has 38 heavy (non-hydrogen) atoms. The van der Waals surface area contributed by atoms with Crippen molar-refractivity contribution in [2.24, 2.45) is 0 Å². The van der Waals surface area contributed by atoms with Gasteiger partial charge in [0.15, 0.2) is 0 Å².